The van der Waals surface area contributed by atoms with E-state index in [0.29, 0.717) is 4.47 Å². The first kappa shape index (κ1) is 11.8. The number of nitrogens with one attached hydrogen (secondary N) is 1. The number of halogens is 4. The van der Waals surface area contributed by atoms with Crippen LogP contribution in [-0.4, -0.2) is 17.7 Å². The van der Waals surface area contributed by atoms with Gasteiger partial charge < -0.3 is 5.32 Å². The minimum atomic E-state index is -4.28. The smallest absolute Gasteiger partial charge is 0.375 e. The standard InChI is InChI=1S/C8H5BrF3N3/c9-6-1-5(3-14-7(6)2-13)15-4-8(10,11)12/h1,3,15H,4H2. The number of aromatic nitrogens is 1. The zero-order chi connectivity index (χ0) is 11.5. The molecule has 1 aromatic heterocycles. The van der Waals surface area contributed by atoms with E-state index in [1.165, 1.54) is 12.3 Å². The Morgan fingerprint density at radius 1 is 1.53 bits per heavy atom. The molecule has 0 spiro atoms. The summed E-state index contributed by atoms with van der Waals surface area (Å²) in [6.07, 6.45) is -3.10. The van der Waals surface area contributed by atoms with Crippen molar-refractivity contribution in [1.82, 2.24) is 4.98 Å². The highest BCUT2D eigenvalue weighted by molar-refractivity contribution is 9.10. The molecule has 0 aliphatic rings. The second kappa shape index (κ2) is 4.49. The number of hydrogen-bond acceptors (Lipinski definition) is 3. The van der Waals surface area contributed by atoms with Crippen LogP contribution in [0, 0.1) is 11.3 Å². The van der Waals surface area contributed by atoms with Gasteiger partial charge in [0.1, 0.15) is 12.6 Å². The second-order valence-corrected chi connectivity index (χ2v) is 3.49. The molecule has 0 amide bonds. The largest absolute Gasteiger partial charge is 0.405 e. The monoisotopic (exact) mass is 279 g/mol. The van der Waals surface area contributed by atoms with Crippen molar-refractivity contribution in [2.45, 2.75) is 6.18 Å². The molecular formula is C8H5BrF3N3. The molecule has 1 N–H and O–H groups in total. The molecule has 0 aromatic carbocycles. The summed E-state index contributed by atoms with van der Waals surface area (Å²) < 4.78 is 35.9. The van der Waals surface area contributed by atoms with Crippen molar-refractivity contribution in [3.63, 3.8) is 0 Å². The fourth-order valence-electron chi connectivity index (χ4n) is 0.819. The molecule has 1 rings (SSSR count). The lowest BCUT2D eigenvalue weighted by atomic mass is 10.3. The molecule has 0 unspecified atom stereocenters. The molecule has 15 heavy (non-hydrogen) atoms. The maximum absolute atomic E-state index is 11.8. The van der Waals surface area contributed by atoms with E-state index in [9.17, 15) is 13.2 Å². The van der Waals surface area contributed by atoms with Gasteiger partial charge in [-0.2, -0.15) is 18.4 Å². The number of anilines is 1. The van der Waals surface area contributed by atoms with Crippen LogP contribution in [0.3, 0.4) is 0 Å². The third kappa shape index (κ3) is 3.75. The van der Waals surface area contributed by atoms with Crippen molar-refractivity contribution in [3.05, 3.63) is 22.4 Å². The van der Waals surface area contributed by atoms with Crippen LogP contribution >= 0.6 is 15.9 Å². The van der Waals surface area contributed by atoms with Crippen LogP contribution in [0.25, 0.3) is 0 Å². The molecule has 7 heteroatoms. The zero-order valence-corrected chi connectivity index (χ0v) is 8.85. The highest BCUT2D eigenvalue weighted by Gasteiger charge is 2.26. The molecule has 0 bridgehead atoms. The predicted octanol–water partition coefficient (Wildman–Crippen LogP) is 2.69. The number of rotatable bonds is 2. The molecule has 1 heterocycles. The highest BCUT2D eigenvalue weighted by Crippen LogP contribution is 2.20. The van der Waals surface area contributed by atoms with Gasteiger partial charge in [0, 0.05) is 0 Å². The summed E-state index contributed by atoms with van der Waals surface area (Å²) in [5.74, 6) is 0. The summed E-state index contributed by atoms with van der Waals surface area (Å²) >= 11 is 3.02. The highest BCUT2D eigenvalue weighted by atomic mass is 79.9. The van der Waals surface area contributed by atoms with E-state index in [-0.39, 0.29) is 11.4 Å². The van der Waals surface area contributed by atoms with Crippen molar-refractivity contribution in [2.75, 3.05) is 11.9 Å². The lowest BCUT2D eigenvalue weighted by Crippen LogP contribution is -2.21. The topological polar surface area (TPSA) is 48.7 Å². The first-order chi connectivity index (χ1) is 6.92. The van der Waals surface area contributed by atoms with Crippen LogP contribution < -0.4 is 5.32 Å². The summed E-state index contributed by atoms with van der Waals surface area (Å²) in [5.41, 5.74) is 0.339. The van der Waals surface area contributed by atoms with Crippen LogP contribution in [0.5, 0.6) is 0 Å². The fraction of sp³-hybridized carbons (Fsp3) is 0.250. The van der Waals surface area contributed by atoms with Gasteiger partial charge in [0.15, 0.2) is 5.69 Å². The van der Waals surface area contributed by atoms with Gasteiger partial charge in [-0.05, 0) is 22.0 Å². The average Bonchev–Trinajstić information content (AvgIpc) is 2.14. The molecule has 80 valence electrons. The number of pyridine rings is 1. The Morgan fingerprint density at radius 3 is 2.67 bits per heavy atom. The molecule has 0 aliphatic carbocycles. The summed E-state index contributed by atoms with van der Waals surface area (Å²) in [6.45, 7) is -1.13. The van der Waals surface area contributed by atoms with E-state index in [1.807, 2.05) is 0 Å². The van der Waals surface area contributed by atoms with Gasteiger partial charge in [0.2, 0.25) is 0 Å². The first-order valence-corrected chi connectivity index (χ1v) is 4.58. The number of hydrogen-bond donors (Lipinski definition) is 1. The van der Waals surface area contributed by atoms with Crippen LogP contribution in [-0.2, 0) is 0 Å². The average molecular weight is 280 g/mol. The van der Waals surface area contributed by atoms with Crippen molar-refractivity contribution in [1.29, 1.82) is 5.26 Å². The Hall–Kier alpha value is -1.29. The Bertz CT molecular complexity index is 397. The molecule has 0 radical (unpaired) electrons. The van der Waals surface area contributed by atoms with Crippen molar-refractivity contribution >= 4 is 21.6 Å². The zero-order valence-electron chi connectivity index (χ0n) is 7.27. The quantitative estimate of drug-likeness (QED) is 0.906. The Labute approximate surface area is 92.1 Å². The van der Waals surface area contributed by atoms with Crippen molar-refractivity contribution < 1.29 is 13.2 Å². The molecule has 0 saturated heterocycles. The third-order valence-electron chi connectivity index (χ3n) is 1.44. The van der Waals surface area contributed by atoms with E-state index in [4.69, 9.17) is 5.26 Å². The summed E-state index contributed by atoms with van der Waals surface area (Å²) in [4.78, 5) is 3.66. The maximum Gasteiger partial charge on any atom is 0.405 e. The van der Waals surface area contributed by atoms with E-state index < -0.39 is 12.7 Å². The van der Waals surface area contributed by atoms with Gasteiger partial charge in [-0.1, -0.05) is 0 Å². The van der Waals surface area contributed by atoms with Gasteiger partial charge in [0.05, 0.1) is 16.4 Å². The minimum absolute atomic E-state index is 0.132. The minimum Gasteiger partial charge on any atom is -0.375 e. The van der Waals surface area contributed by atoms with Gasteiger partial charge in [-0.25, -0.2) is 4.98 Å². The normalized spacial score (nSPS) is 10.9. The van der Waals surface area contributed by atoms with Crippen molar-refractivity contribution in [3.8, 4) is 6.07 Å². The van der Waals surface area contributed by atoms with Gasteiger partial charge >= 0.3 is 6.18 Å². The molecule has 0 saturated carbocycles. The van der Waals surface area contributed by atoms with Crippen molar-refractivity contribution in [2.24, 2.45) is 0 Å². The van der Waals surface area contributed by atoms with Crippen LogP contribution in [0.2, 0.25) is 0 Å². The third-order valence-corrected chi connectivity index (χ3v) is 2.04. The van der Waals surface area contributed by atoms with Gasteiger partial charge in [0.25, 0.3) is 0 Å². The SMILES string of the molecule is N#Cc1ncc(NCC(F)(F)F)cc1Br. The van der Waals surface area contributed by atoms with Crippen LogP contribution in [0.4, 0.5) is 18.9 Å². The van der Waals surface area contributed by atoms with Crippen LogP contribution in [0.1, 0.15) is 5.69 Å². The van der Waals surface area contributed by atoms with E-state index >= 15 is 0 Å². The lowest BCUT2D eigenvalue weighted by Gasteiger charge is -2.09. The molecule has 0 atom stereocenters. The Morgan fingerprint density at radius 2 is 2.20 bits per heavy atom. The lowest BCUT2D eigenvalue weighted by molar-refractivity contribution is -0.115. The fourth-order valence-corrected chi connectivity index (χ4v) is 1.26. The number of alkyl halides is 3. The molecule has 1 aromatic rings. The molecular weight excluding hydrogens is 275 g/mol. The molecule has 0 fully saturated rings. The Kier molecular flexibility index (Phi) is 3.52. The summed E-state index contributed by atoms with van der Waals surface area (Å²) in [5, 5.41) is 10.7. The maximum atomic E-state index is 11.8. The van der Waals surface area contributed by atoms with Gasteiger partial charge in [-0.15, -0.1) is 0 Å². The van der Waals surface area contributed by atoms with Crippen LogP contribution in [0.15, 0.2) is 16.7 Å². The molecule has 0 aliphatic heterocycles. The predicted molar refractivity (Wildman–Crippen MR) is 51.2 cm³/mol. The van der Waals surface area contributed by atoms with Gasteiger partial charge in [-0.3, -0.25) is 0 Å². The van der Waals surface area contributed by atoms with E-state index in [2.05, 4.69) is 26.2 Å². The Balaban J connectivity index is 2.73. The number of nitrogens with zero attached hydrogens (tertiary/aromatic N) is 2. The summed E-state index contributed by atoms with van der Waals surface area (Å²) in [6, 6.07) is 3.16. The number of nitriles is 1. The molecule has 3 nitrogen and oxygen atoms in total. The van der Waals surface area contributed by atoms with E-state index in [0.717, 1.165) is 0 Å². The summed E-state index contributed by atoms with van der Waals surface area (Å²) in [7, 11) is 0. The van der Waals surface area contributed by atoms with E-state index in [1.54, 1.807) is 6.07 Å². The first-order valence-electron chi connectivity index (χ1n) is 3.78. The second-order valence-electron chi connectivity index (χ2n) is 2.63.